The van der Waals surface area contributed by atoms with Gasteiger partial charge in [-0.3, -0.25) is 0 Å². The number of halogens is 2. The van der Waals surface area contributed by atoms with Crippen molar-refractivity contribution in [2.75, 3.05) is 0 Å². The highest BCUT2D eigenvalue weighted by Crippen LogP contribution is 2.40. The molecule has 2 aromatic rings. The normalized spacial score (nSPS) is 17.0. The van der Waals surface area contributed by atoms with Crippen LogP contribution in [0, 0.1) is 11.6 Å². The Bertz CT molecular complexity index is 647. The van der Waals surface area contributed by atoms with Gasteiger partial charge in [0.05, 0.1) is 11.9 Å². The van der Waals surface area contributed by atoms with Crippen LogP contribution in [0.5, 0.6) is 0 Å². The van der Waals surface area contributed by atoms with Gasteiger partial charge in [-0.1, -0.05) is 24.1 Å². The number of nitrogens with zero attached hydrogens (tertiary/aromatic N) is 3. The lowest BCUT2D eigenvalue weighted by molar-refractivity contribution is 0.319. The second kappa shape index (κ2) is 6.12. The molecule has 0 saturated heterocycles. The van der Waals surface area contributed by atoms with Crippen LogP contribution in [0.1, 0.15) is 43.9 Å². The Morgan fingerprint density at radius 3 is 2.73 bits per heavy atom. The van der Waals surface area contributed by atoms with Gasteiger partial charge in [-0.15, -0.1) is 5.10 Å². The lowest BCUT2D eigenvalue weighted by atomic mass is 9.87. The highest BCUT2D eigenvalue weighted by Gasteiger charge is 2.37. The van der Waals surface area contributed by atoms with Gasteiger partial charge in [0.2, 0.25) is 0 Å². The third-order valence-corrected chi connectivity index (χ3v) is 4.51. The minimum Gasteiger partial charge on any atom is -0.302 e. The van der Waals surface area contributed by atoms with Crippen molar-refractivity contribution in [2.24, 2.45) is 0 Å². The van der Waals surface area contributed by atoms with Gasteiger partial charge in [-0.2, -0.15) is 0 Å². The topological polar surface area (TPSA) is 42.7 Å². The molecule has 0 aliphatic heterocycles. The van der Waals surface area contributed by atoms with Gasteiger partial charge in [0.1, 0.15) is 11.6 Å². The lowest BCUT2D eigenvalue weighted by Gasteiger charge is -2.31. The Labute approximate surface area is 128 Å². The summed E-state index contributed by atoms with van der Waals surface area (Å²) in [5.74, 6) is -1.01. The molecule has 0 amide bonds. The molecule has 0 bridgehead atoms. The van der Waals surface area contributed by atoms with Gasteiger partial charge in [-0.05, 0) is 25.8 Å². The van der Waals surface area contributed by atoms with Gasteiger partial charge in [0, 0.05) is 30.3 Å². The highest BCUT2D eigenvalue weighted by atomic mass is 19.1. The first-order valence-corrected chi connectivity index (χ1v) is 7.72. The van der Waals surface area contributed by atoms with Gasteiger partial charge >= 0.3 is 0 Å². The summed E-state index contributed by atoms with van der Waals surface area (Å²) in [7, 11) is 0. The van der Waals surface area contributed by atoms with Crippen molar-refractivity contribution in [3.63, 3.8) is 0 Å². The lowest BCUT2D eigenvalue weighted by Crippen LogP contribution is -2.40. The number of hydrogen-bond donors (Lipinski definition) is 1. The van der Waals surface area contributed by atoms with E-state index in [-0.39, 0.29) is 0 Å². The molecule has 118 valence electrons. The predicted octanol–water partition coefficient (Wildman–Crippen LogP) is 3.14. The molecule has 0 atom stereocenters. The van der Waals surface area contributed by atoms with Crippen molar-refractivity contribution in [1.82, 2.24) is 20.3 Å². The Kier molecular flexibility index (Phi) is 4.20. The molecule has 1 saturated carbocycles. The van der Waals surface area contributed by atoms with E-state index in [9.17, 15) is 8.78 Å². The van der Waals surface area contributed by atoms with Crippen molar-refractivity contribution < 1.29 is 8.78 Å². The molecule has 1 aromatic heterocycles. The zero-order chi connectivity index (χ0) is 15.6. The Morgan fingerprint density at radius 2 is 2.05 bits per heavy atom. The van der Waals surface area contributed by atoms with Crippen molar-refractivity contribution in [3.05, 3.63) is 47.3 Å². The zero-order valence-electron chi connectivity index (χ0n) is 12.6. The van der Waals surface area contributed by atoms with Crippen LogP contribution in [-0.4, -0.2) is 15.0 Å². The van der Waals surface area contributed by atoms with E-state index in [1.54, 1.807) is 12.3 Å². The molecule has 0 spiro atoms. The van der Waals surface area contributed by atoms with Crippen LogP contribution in [0.4, 0.5) is 8.78 Å². The number of aryl methyl sites for hydroxylation is 1. The number of nitrogens with one attached hydrogen (secondary N) is 1. The maximum Gasteiger partial charge on any atom is 0.131 e. The molecular formula is C16H20F2N4. The standard InChI is InChI=1S/C16H20F2N4/c1-2-22-13(11-20-21-22)10-19-16(7-3-4-8-16)14-6-5-12(17)9-15(14)18/h5-6,9,11,19H,2-4,7-8,10H2,1H3. The Morgan fingerprint density at radius 1 is 1.27 bits per heavy atom. The molecular weight excluding hydrogens is 286 g/mol. The van der Waals surface area contributed by atoms with Crippen LogP contribution >= 0.6 is 0 Å². The number of rotatable bonds is 5. The van der Waals surface area contributed by atoms with E-state index in [4.69, 9.17) is 0 Å². The summed E-state index contributed by atoms with van der Waals surface area (Å²) < 4.78 is 29.3. The predicted molar refractivity (Wildman–Crippen MR) is 79.0 cm³/mol. The van der Waals surface area contributed by atoms with E-state index in [0.717, 1.165) is 44.0 Å². The van der Waals surface area contributed by atoms with Gasteiger partial charge in [0.15, 0.2) is 0 Å². The van der Waals surface area contributed by atoms with Gasteiger partial charge < -0.3 is 5.32 Å². The van der Waals surface area contributed by atoms with Gasteiger partial charge in [0.25, 0.3) is 0 Å². The van der Waals surface area contributed by atoms with E-state index in [1.807, 2.05) is 11.6 Å². The third-order valence-electron chi connectivity index (χ3n) is 4.51. The maximum atomic E-state index is 14.2. The quantitative estimate of drug-likeness (QED) is 0.923. The van der Waals surface area contributed by atoms with Crippen molar-refractivity contribution in [2.45, 2.75) is 51.2 Å². The van der Waals surface area contributed by atoms with E-state index in [2.05, 4.69) is 15.6 Å². The number of aromatic nitrogens is 3. The SMILES string of the molecule is CCn1nncc1CNC1(c2ccc(F)cc2F)CCCC1. The van der Waals surface area contributed by atoms with E-state index < -0.39 is 17.2 Å². The summed E-state index contributed by atoms with van der Waals surface area (Å²) in [6.07, 6.45) is 5.50. The van der Waals surface area contributed by atoms with E-state index >= 15 is 0 Å². The monoisotopic (exact) mass is 306 g/mol. The Balaban J connectivity index is 1.85. The van der Waals surface area contributed by atoms with E-state index in [1.165, 1.54) is 6.07 Å². The summed E-state index contributed by atoms with van der Waals surface area (Å²) in [6.45, 7) is 3.32. The third kappa shape index (κ3) is 2.75. The van der Waals surface area contributed by atoms with Crippen LogP contribution in [0.3, 0.4) is 0 Å². The van der Waals surface area contributed by atoms with Crippen molar-refractivity contribution >= 4 is 0 Å². The summed E-state index contributed by atoms with van der Waals surface area (Å²) in [4.78, 5) is 0. The minimum absolute atomic E-state index is 0.430. The minimum atomic E-state index is -0.539. The molecule has 1 heterocycles. The summed E-state index contributed by atoms with van der Waals surface area (Å²) in [6, 6.07) is 3.87. The smallest absolute Gasteiger partial charge is 0.131 e. The zero-order valence-corrected chi connectivity index (χ0v) is 12.6. The maximum absolute atomic E-state index is 14.2. The molecule has 3 rings (SSSR count). The molecule has 6 heteroatoms. The second-order valence-electron chi connectivity index (χ2n) is 5.81. The highest BCUT2D eigenvalue weighted by molar-refractivity contribution is 5.28. The number of benzene rings is 1. The fourth-order valence-corrected chi connectivity index (χ4v) is 3.34. The van der Waals surface area contributed by atoms with Crippen LogP contribution in [0.15, 0.2) is 24.4 Å². The average Bonchev–Trinajstić information content (AvgIpc) is 3.14. The van der Waals surface area contributed by atoms with Crippen LogP contribution in [0.25, 0.3) is 0 Å². The molecule has 22 heavy (non-hydrogen) atoms. The Hall–Kier alpha value is -1.82. The first kappa shape index (κ1) is 15.1. The summed E-state index contributed by atoms with van der Waals surface area (Å²) in [5.41, 5.74) is 1.10. The van der Waals surface area contributed by atoms with Crippen LogP contribution in [0.2, 0.25) is 0 Å². The molecule has 0 radical (unpaired) electrons. The van der Waals surface area contributed by atoms with Gasteiger partial charge in [-0.25, -0.2) is 13.5 Å². The summed E-state index contributed by atoms with van der Waals surface area (Å²) in [5, 5.41) is 11.4. The number of hydrogen-bond acceptors (Lipinski definition) is 3. The second-order valence-corrected chi connectivity index (χ2v) is 5.81. The fourth-order valence-electron chi connectivity index (χ4n) is 3.34. The largest absolute Gasteiger partial charge is 0.302 e. The van der Waals surface area contributed by atoms with Crippen molar-refractivity contribution in [1.29, 1.82) is 0 Å². The molecule has 1 fully saturated rings. The molecule has 0 unspecified atom stereocenters. The molecule has 4 nitrogen and oxygen atoms in total. The van der Waals surface area contributed by atoms with Crippen molar-refractivity contribution in [3.8, 4) is 0 Å². The first-order valence-electron chi connectivity index (χ1n) is 7.72. The molecule has 1 aliphatic rings. The molecule has 1 aliphatic carbocycles. The van der Waals surface area contributed by atoms with Crippen LogP contribution < -0.4 is 5.32 Å². The fraction of sp³-hybridized carbons (Fsp3) is 0.500. The molecule has 1 N–H and O–H groups in total. The average molecular weight is 306 g/mol. The van der Waals surface area contributed by atoms with Crippen LogP contribution in [-0.2, 0) is 18.6 Å². The summed E-state index contributed by atoms with van der Waals surface area (Å²) >= 11 is 0. The van der Waals surface area contributed by atoms with E-state index in [0.29, 0.717) is 12.1 Å². The molecule has 1 aromatic carbocycles. The first-order chi connectivity index (χ1) is 10.6.